The van der Waals surface area contributed by atoms with E-state index in [0.29, 0.717) is 0 Å². The fourth-order valence-electron chi connectivity index (χ4n) is 1.62. The minimum absolute atomic E-state index is 0.817. The van der Waals surface area contributed by atoms with Crippen molar-refractivity contribution in [2.45, 2.75) is 13.3 Å². The first kappa shape index (κ1) is 11.0. The van der Waals surface area contributed by atoms with Gasteiger partial charge in [-0.3, -0.25) is 0 Å². The van der Waals surface area contributed by atoms with E-state index in [1.54, 1.807) is 0 Å². The van der Waals surface area contributed by atoms with Crippen LogP contribution in [0.2, 0.25) is 0 Å². The molecule has 82 valence electrons. The molecule has 15 heavy (non-hydrogen) atoms. The van der Waals surface area contributed by atoms with Crippen LogP contribution in [-0.4, -0.2) is 19.7 Å². The van der Waals surface area contributed by atoms with Crippen LogP contribution in [0.1, 0.15) is 12.0 Å². The molecule has 0 spiro atoms. The summed E-state index contributed by atoms with van der Waals surface area (Å²) in [7, 11) is 0. The average Bonchev–Trinajstić information content (AvgIpc) is 2.15. The van der Waals surface area contributed by atoms with Gasteiger partial charge in [-0.2, -0.15) is 0 Å². The van der Waals surface area contributed by atoms with Gasteiger partial charge < -0.3 is 10.1 Å². The summed E-state index contributed by atoms with van der Waals surface area (Å²) in [5, 5.41) is 3.27. The Bertz CT molecular complexity index is 336. The molecule has 0 unspecified atom stereocenters. The van der Waals surface area contributed by atoms with Gasteiger partial charge in [-0.05, 0) is 50.0 Å². The lowest BCUT2D eigenvalue weighted by atomic mass is 10.0. The second-order valence-corrected chi connectivity index (χ2v) is 4.99. The SMILES string of the molecule is Cc1ccc(Br)cc1OCCC1CNC1. The Morgan fingerprint density at radius 2 is 2.27 bits per heavy atom. The number of rotatable bonds is 4. The van der Waals surface area contributed by atoms with Gasteiger partial charge in [0.2, 0.25) is 0 Å². The number of nitrogens with one attached hydrogen (secondary N) is 1. The maximum Gasteiger partial charge on any atom is 0.123 e. The summed E-state index contributed by atoms with van der Waals surface area (Å²) < 4.78 is 6.84. The molecule has 1 aliphatic rings. The van der Waals surface area contributed by atoms with E-state index in [0.717, 1.165) is 42.3 Å². The summed E-state index contributed by atoms with van der Waals surface area (Å²) in [6.45, 7) is 5.21. The maximum absolute atomic E-state index is 5.77. The fraction of sp³-hybridized carbons (Fsp3) is 0.500. The van der Waals surface area contributed by atoms with E-state index in [1.165, 1.54) is 5.56 Å². The lowest BCUT2D eigenvalue weighted by Crippen LogP contribution is -2.42. The van der Waals surface area contributed by atoms with Crippen LogP contribution < -0.4 is 10.1 Å². The zero-order chi connectivity index (χ0) is 10.7. The van der Waals surface area contributed by atoms with Gasteiger partial charge in [0.15, 0.2) is 0 Å². The molecule has 3 heteroatoms. The van der Waals surface area contributed by atoms with Gasteiger partial charge in [-0.1, -0.05) is 22.0 Å². The molecule has 1 fully saturated rings. The van der Waals surface area contributed by atoms with Crippen molar-refractivity contribution in [1.82, 2.24) is 5.32 Å². The van der Waals surface area contributed by atoms with Crippen LogP contribution in [-0.2, 0) is 0 Å². The number of ether oxygens (including phenoxy) is 1. The Morgan fingerprint density at radius 1 is 1.47 bits per heavy atom. The molecule has 1 heterocycles. The summed E-state index contributed by atoms with van der Waals surface area (Å²) in [4.78, 5) is 0. The minimum Gasteiger partial charge on any atom is -0.493 e. The third-order valence-corrected chi connectivity index (χ3v) is 3.29. The molecule has 2 nitrogen and oxygen atoms in total. The smallest absolute Gasteiger partial charge is 0.123 e. The van der Waals surface area contributed by atoms with Gasteiger partial charge in [0.05, 0.1) is 6.61 Å². The van der Waals surface area contributed by atoms with Crippen LogP contribution in [0.4, 0.5) is 0 Å². The molecule has 0 bridgehead atoms. The van der Waals surface area contributed by atoms with Crippen molar-refractivity contribution in [3.8, 4) is 5.75 Å². The van der Waals surface area contributed by atoms with Crippen LogP contribution in [0.15, 0.2) is 22.7 Å². The minimum atomic E-state index is 0.817. The van der Waals surface area contributed by atoms with Crippen molar-refractivity contribution in [3.63, 3.8) is 0 Å². The maximum atomic E-state index is 5.77. The van der Waals surface area contributed by atoms with Gasteiger partial charge in [0.1, 0.15) is 5.75 Å². The third kappa shape index (κ3) is 2.95. The molecule has 1 saturated heterocycles. The molecular weight excluding hydrogens is 254 g/mol. The first-order chi connectivity index (χ1) is 7.25. The predicted molar refractivity (Wildman–Crippen MR) is 65.4 cm³/mol. The summed E-state index contributed by atoms with van der Waals surface area (Å²) in [5.41, 5.74) is 1.20. The molecule has 0 saturated carbocycles. The summed E-state index contributed by atoms with van der Waals surface area (Å²) in [6, 6.07) is 6.15. The monoisotopic (exact) mass is 269 g/mol. The number of hydrogen-bond acceptors (Lipinski definition) is 2. The molecule has 1 aromatic rings. The van der Waals surface area contributed by atoms with Gasteiger partial charge in [0.25, 0.3) is 0 Å². The molecule has 0 aliphatic carbocycles. The molecule has 2 rings (SSSR count). The quantitative estimate of drug-likeness (QED) is 0.908. The van der Waals surface area contributed by atoms with Crippen LogP contribution in [0, 0.1) is 12.8 Å². The average molecular weight is 270 g/mol. The molecule has 1 aromatic carbocycles. The van der Waals surface area contributed by atoms with E-state index >= 15 is 0 Å². The Morgan fingerprint density at radius 3 is 2.93 bits per heavy atom. The van der Waals surface area contributed by atoms with Gasteiger partial charge in [0, 0.05) is 4.47 Å². The van der Waals surface area contributed by atoms with Crippen LogP contribution in [0.5, 0.6) is 5.75 Å². The lowest BCUT2D eigenvalue weighted by molar-refractivity contribution is 0.237. The highest BCUT2D eigenvalue weighted by Crippen LogP contribution is 2.23. The zero-order valence-electron chi connectivity index (χ0n) is 8.92. The van der Waals surface area contributed by atoms with Crippen molar-refractivity contribution in [2.75, 3.05) is 19.7 Å². The Balaban J connectivity index is 1.83. The highest BCUT2D eigenvalue weighted by molar-refractivity contribution is 9.10. The van der Waals surface area contributed by atoms with Gasteiger partial charge in [-0.25, -0.2) is 0 Å². The predicted octanol–water partition coefficient (Wildman–Crippen LogP) is 2.75. The van der Waals surface area contributed by atoms with Crippen LogP contribution >= 0.6 is 15.9 Å². The van der Waals surface area contributed by atoms with E-state index in [9.17, 15) is 0 Å². The van der Waals surface area contributed by atoms with E-state index in [2.05, 4.69) is 34.2 Å². The summed E-state index contributed by atoms with van der Waals surface area (Å²) in [6.07, 6.45) is 1.15. The number of halogens is 1. The standard InChI is InChI=1S/C12H16BrNO/c1-9-2-3-11(13)6-12(9)15-5-4-10-7-14-8-10/h2-3,6,10,14H,4-5,7-8H2,1H3. The topological polar surface area (TPSA) is 21.3 Å². The van der Waals surface area contributed by atoms with E-state index < -0.39 is 0 Å². The number of hydrogen-bond donors (Lipinski definition) is 1. The van der Waals surface area contributed by atoms with E-state index in [1.807, 2.05) is 12.1 Å². The molecule has 0 amide bonds. The molecule has 1 N–H and O–H groups in total. The fourth-order valence-corrected chi connectivity index (χ4v) is 1.96. The second kappa shape index (κ2) is 4.99. The Hall–Kier alpha value is -0.540. The van der Waals surface area contributed by atoms with Crippen LogP contribution in [0.25, 0.3) is 0 Å². The van der Waals surface area contributed by atoms with Crippen molar-refractivity contribution in [1.29, 1.82) is 0 Å². The zero-order valence-corrected chi connectivity index (χ0v) is 10.5. The van der Waals surface area contributed by atoms with Gasteiger partial charge >= 0.3 is 0 Å². The highest BCUT2D eigenvalue weighted by atomic mass is 79.9. The van der Waals surface area contributed by atoms with Crippen LogP contribution in [0.3, 0.4) is 0 Å². The molecule has 0 aromatic heterocycles. The van der Waals surface area contributed by atoms with Crippen molar-refractivity contribution in [2.24, 2.45) is 5.92 Å². The normalized spacial score (nSPS) is 16.1. The summed E-state index contributed by atoms with van der Waals surface area (Å²) >= 11 is 3.45. The number of benzene rings is 1. The largest absolute Gasteiger partial charge is 0.493 e. The highest BCUT2D eigenvalue weighted by Gasteiger charge is 2.16. The molecule has 0 atom stereocenters. The van der Waals surface area contributed by atoms with Crippen molar-refractivity contribution < 1.29 is 4.74 Å². The number of aryl methyl sites for hydroxylation is 1. The van der Waals surface area contributed by atoms with Crippen molar-refractivity contribution in [3.05, 3.63) is 28.2 Å². The first-order valence-corrected chi connectivity index (χ1v) is 6.14. The van der Waals surface area contributed by atoms with E-state index in [-0.39, 0.29) is 0 Å². The summed E-state index contributed by atoms with van der Waals surface area (Å²) in [5.74, 6) is 1.81. The first-order valence-electron chi connectivity index (χ1n) is 5.35. The van der Waals surface area contributed by atoms with Crippen molar-refractivity contribution >= 4 is 15.9 Å². The van der Waals surface area contributed by atoms with E-state index in [4.69, 9.17) is 4.74 Å². The second-order valence-electron chi connectivity index (χ2n) is 4.07. The molecule has 0 radical (unpaired) electrons. The molecular formula is C12H16BrNO. The molecule has 1 aliphatic heterocycles. The Labute approximate surface area is 99.1 Å². The lowest BCUT2D eigenvalue weighted by Gasteiger charge is -2.26. The third-order valence-electron chi connectivity index (χ3n) is 2.80. The Kier molecular flexibility index (Phi) is 3.65. The van der Waals surface area contributed by atoms with Gasteiger partial charge in [-0.15, -0.1) is 0 Å².